The summed E-state index contributed by atoms with van der Waals surface area (Å²) in [5, 5.41) is 4.09. The summed E-state index contributed by atoms with van der Waals surface area (Å²) in [6.45, 7) is 0. The maximum Gasteiger partial charge on any atom is 0.238 e. The zero-order valence-corrected chi connectivity index (χ0v) is 30.0. The molecule has 0 saturated carbocycles. The van der Waals surface area contributed by atoms with E-state index in [0.717, 1.165) is 55.0 Å². The molecule has 4 aromatic heterocycles. The zero-order valence-electron chi connectivity index (χ0n) is 38.0. The molecule has 266 valence electrons. The highest BCUT2D eigenvalue weighted by Gasteiger charge is 2.23. The van der Waals surface area contributed by atoms with Crippen LogP contribution < -0.4 is 0 Å². The van der Waals surface area contributed by atoms with E-state index in [9.17, 15) is 2.74 Å². The standard InChI is InChI=1S/C51H32N6/c1-9-25-41-33(17-1)34-18-2-10-26-42(34)55(41)47-31-15-7-23-39(47)49-52-50(54-51(53-49)57-45-29-13-5-21-37(45)38-22-6-14-30-46(38)57)40-24-8-16-32-48(40)56-43-27-11-3-19-35(43)36-20-4-12-28-44(36)56/h1-32H/i5D,6D,13D,14D,21D,22D,29D,30D. The maximum atomic E-state index is 9.29. The fraction of sp³-hybridized carbons (Fsp3) is 0. The van der Waals surface area contributed by atoms with Crippen molar-refractivity contribution in [3.05, 3.63) is 194 Å². The molecule has 0 unspecified atom stereocenters. The summed E-state index contributed by atoms with van der Waals surface area (Å²) in [5.41, 5.74) is 6.40. The summed E-state index contributed by atoms with van der Waals surface area (Å²) >= 11 is 0. The first kappa shape index (κ1) is 24.6. The van der Waals surface area contributed by atoms with Crippen LogP contribution in [-0.2, 0) is 0 Å². The van der Waals surface area contributed by atoms with E-state index in [0.29, 0.717) is 11.1 Å². The minimum absolute atomic E-state index is 0.0714. The van der Waals surface area contributed by atoms with E-state index in [2.05, 4.69) is 57.7 Å². The predicted molar refractivity (Wildman–Crippen MR) is 234 cm³/mol. The Morgan fingerprint density at radius 1 is 0.316 bits per heavy atom. The second kappa shape index (κ2) is 12.3. The van der Waals surface area contributed by atoms with Crippen LogP contribution in [0.2, 0.25) is 0 Å². The van der Waals surface area contributed by atoms with Gasteiger partial charge >= 0.3 is 0 Å². The fourth-order valence-electron chi connectivity index (χ4n) is 8.41. The maximum absolute atomic E-state index is 9.29. The molecule has 57 heavy (non-hydrogen) atoms. The van der Waals surface area contributed by atoms with Crippen LogP contribution in [0, 0.1) is 0 Å². The molecule has 6 nitrogen and oxygen atoms in total. The lowest BCUT2D eigenvalue weighted by Crippen LogP contribution is -2.09. The first-order valence-electron chi connectivity index (χ1n) is 22.6. The van der Waals surface area contributed by atoms with Crippen molar-refractivity contribution < 1.29 is 11.0 Å². The van der Waals surface area contributed by atoms with Crippen molar-refractivity contribution in [2.24, 2.45) is 0 Å². The van der Waals surface area contributed by atoms with Gasteiger partial charge in [-0.3, -0.25) is 4.57 Å². The first-order chi connectivity index (χ1) is 31.6. The minimum Gasteiger partial charge on any atom is -0.309 e. The van der Waals surface area contributed by atoms with E-state index in [1.807, 2.05) is 97.1 Å². The van der Waals surface area contributed by atoms with Gasteiger partial charge in [0.2, 0.25) is 5.95 Å². The molecule has 0 fully saturated rings. The molecule has 0 aliphatic heterocycles. The third kappa shape index (κ3) is 4.68. The van der Waals surface area contributed by atoms with Gasteiger partial charge in [0, 0.05) is 43.4 Å². The molecule has 0 spiro atoms. The summed E-state index contributed by atoms with van der Waals surface area (Å²) in [4.78, 5) is 15.6. The van der Waals surface area contributed by atoms with Crippen LogP contribution in [0.15, 0.2) is 194 Å². The molecule has 12 aromatic rings. The van der Waals surface area contributed by atoms with Gasteiger partial charge in [-0.1, -0.05) is 133 Å². The Morgan fingerprint density at radius 3 is 1.09 bits per heavy atom. The third-order valence-corrected chi connectivity index (χ3v) is 10.8. The van der Waals surface area contributed by atoms with Gasteiger partial charge in [0.25, 0.3) is 0 Å². The lowest BCUT2D eigenvalue weighted by atomic mass is 10.1. The number of hydrogen-bond donors (Lipinski definition) is 0. The van der Waals surface area contributed by atoms with Gasteiger partial charge in [0.05, 0.1) is 55.4 Å². The van der Waals surface area contributed by atoms with Crippen molar-refractivity contribution in [2.45, 2.75) is 0 Å². The number of aromatic nitrogens is 6. The molecule has 0 atom stereocenters. The average molecular weight is 737 g/mol. The van der Waals surface area contributed by atoms with Crippen LogP contribution in [0.4, 0.5) is 0 Å². The van der Waals surface area contributed by atoms with E-state index in [1.165, 1.54) is 4.57 Å². The smallest absolute Gasteiger partial charge is 0.238 e. The molecule has 0 saturated heterocycles. The Hall–Kier alpha value is -7.83. The second-order valence-electron chi connectivity index (χ2n) is 13.8. The van der Waals surface area contributed by atoms with Crippen molar-refractivity contribution in [1.29, 1.82) is 0 Å². The fourth-order valence-corrected chi connectivity index (χ4v) is 8.41. The van der Waals surface area contributed by atoms with E-state index in [-0.39, 0.29) is 39.4 Å². The van der Waals surface area contributed by atoms with Gasteiger partial charge in [0.1, 0.15) is 0 Å². The van der Waals surface area contributed by atoms with Gasteiger partial charge in [-0.25, -0.2) is 4.98 Å². The third-order valence-electron chi connectivity index (χ3n) is 10.8. The van der Waals surface area contributed by atoms with Gasteiger partial charge in [0.15, 0.2) is 11.6 Å². The molecule has 0 aliphatic carbocycles. The van der Waals surface area contributed by atoms with Crippen LogP contribution in [-0.4, -0.2) is 28.7 Å². The summed E-state index contributed by atoms with van der Waals surface area (Å²) in [6.07, 6.45) is 0. The Balaban J connectivity index is 1.24. The molecule has 0 bridgehead atoms. The molecule has 8 aromatic carbocycles. The molecule has 0 radical (unpaired) electrons. The SMILES string of the molecule is [2H]c1c([2H])c([2H])c2c(c1[2H])c1c([2H])c([2H])c([2H])c([2H])c1n2-c1nc(-c2ccccc2-n2c3ccccc3c3ccccc32)nc(-c2ccccc2-n2c3ccccc3c3ccccc32)n1. The van der Waals surface area contributed by atoms with Crippen molar-refractivity contribution in [3.8, 4) is 40.1 Å². The minimum atomic E-state index is -0.537. The molecular weight excluding hydrogens is 697 g/mol. The Kier molecular flexibility index (Phi) is 5.32. The average Bonchev–Trinajstić information content (AvgIpc) is 4.00. The van der Waals surface area contributed by atoms with Crippen LogP contribution in [0.25, 0.3) is 106 Å². The number of rotatable bonds is 5. The lowest BCUT2D eigenvalue weighted by Gasteiger charge is -2.17. The van der Waals surface area contributed by atoms with Crippen molar-refractivity contribution >= 4 is 65.4 Å². The largest absolute Gasteiger partial charge is 0.309 e. The number of nitrogens with zero attached hydrogens (tertiary/aromatic N) is 6. The molecule has 0 amide bonds. The number of hydrogen-bond acceptors (Lipinski definition) is 3. The van der Waals surface area contributed by atoms with Gasteiger partial charge < -0.3 is 9.13 Å². The summed E-state index contributed by atoms with van der Waals surface area (Å²) in [5.74, 6) is 0.335. The van der Waals surface area contributed by atoms with Crippen LogP contribution in [0.3, 0.4) is 0 Å². The molecule has 12 rings (SSSR count). The van der Waals surface area contributed by atoms with Crippen molar-refractivity contribution in [2.75, 3.05) is 0 Å². The molecule has 6 heteroatoms. The van der Waals surface area contributed by atoms with Gasteiger partial charge in [-0.2, -0.15) is 9.97 Å². The number of fused-ring (bicyclic) bond motifs is 9. The monoisotopic (exact) mass is 736 g/mol. The van der Waals surface area contributed by atoms with E-state index in [1.54, 1.807) is 0 Å². The van der Waals surface area contributed by atoms with E-state index >= 15 is 0 Å². The van der Waals surface area contributed by atoms with Gasteiger partial charge in [-0.15, -0.1) is 0 Å². The van der Waals surface area contributed by atoms with Crippen LogP contribution in [0.1, 0.15) is 11.0 Å². The van der Waals surface area contributed by atoms with E-state index < -0.39 is 48.3 Å². The highest BCUT2D eigenvalue weighted by Crippen LogP contribution is 2.39. The molecule has 0 aliphatic rings. The normalized spacial score (nSPS) is 13.8. The predicted octanol–water partition coefficient (Wildman–Crippen LogP) is 12.5. The van der Waals surface area contributed by atoms with Crippen LogP contribution >= 0.6 is 0 Å². The van der Waals surface area contributed by atoms with Gasteiger partial charge in [-0.05, 0) is 60.6 Å². The van der Waals surface area contributed by atoms with Crippen molar-refractivity contribution in [3.63, 3.8) is 0 Å². The first-order valence-corrected chi connectivity index (χ1v) is 18.6. The summed E-state index contributed by atoms with van der Waals surface area (Å²) < 4.78 is 77.3. The highest BCUT2D eigenvalue weighted by atomic mass is 15.2. The summed E-state index contributed by atoms with van der Waals surface area (Å²) in [6, 6.07) is 44.3. The summed E-state index contributed by atoms with van der Waals surface area (Å²) in [7, 11) is 0. The quantitative estimate of drug-likeness (QED) is 0.177. The Morgan fingerprint density at radius 2 is 0.667 bits per heavy atom. The number of benzene rings is 8. The zero-order chi connectivity index (χ0) is 44.4. The topological polar surface area (TPSA) is 53.5 Å². The van der Waals surface area contributed by atoms with Crippen LogP contribution in [0.5, 0.6) is 0 Å². The second-order valence-corrected chi connectivity index (χ2v) is 13.8. The number of para-hydroxylation sites is 8. The Bertz CT molecular complexity index is 3660. The molecule has 0 N–H and O–H groups in total. The lowest BCUT2D eigenvalue weighted by molar-refractivity contribution is 0.950. The van der Waals surface area contributed by atoms with E-state index in [4.69, 9.17) is 23.2 Å². The van der Waals surface area contributed by atoms with Crippen molar-refractivity contribution in [1.82, 2.24) is 28.7 Å². The molecule has 4 heterocycles. The molecular formula is C51H32N6. The highest BCUT2D eigenvalue weighted by molar-refractivity contribution is 6.11. The Labute approximate surface area is 338 Å².